The number of nitrogens with zero attached hydrogens (tertiary/aromatic N) is 1. The third kappa shape index (κ3) is 1.90. The molecule has 1 saturated carbocycles. The van der Waals surface area contributed by atoms with Gasteiger partial charge in [-0.05, 0) is 39.2 Å². The van der Waals surface area contributed by atoms with Crippen molar-refractivity contribution in [1.82, 2.24) is 4.90 Å². The summed E-state index contributed by atoms with van der Waals surface area (Å²) in [5.41, 5.74) is 0. The van der Waals surface area contributed by atoms with Gasteiger partial charge in [0.2, 0.25) is 0 Å². The highest BCUT2D eigenvalue weighted by Crippen LogP contribution is 2.36. The summed E-state index contributed by atoms with van der Waals surface area (Å²) in [7, 11) is 2.33. The van der Waals surface area contributed by atoms with Gasteiger partial charge in [0.05, 0.1) is 0 Å². The van der Waals surface area contributed by atoms with Crippen molar-refractivity contribution in [1.29, 1.82) is 0 Å². The molecule has 1 heterocycles. The molecule has 1 saturated heterocycles. The van der Waals surface area contributed by atoms with Gasteiger partial charge in [-0.15, -0.1) is 0 Å². The van der Waals surface area contributed by atoms with E-state index in [1.807, 2.05) is 0 Å². The van der Waals surface area contributed by atoms with Gasteiger partial charge in [-0.2, -0.15) is 0 Å². The van der Waals surface area contributed by atoms with E-state index in [-0.39, 0.29) is 0 Å². The van der Waals surface area contributed by atoms with Gasteiger partial charge >= 0.3 is 0 Å². The van der Waals surface area contributed by atoms with E-state index in [1.54, 1.807) is 0 Å². The molecule has 0 radical (unpaired) electrons. The van der Waals surface area contributed by atoms with E-state index in [1.165, 1.54) is 44.9 Å². The second-order valence-electron chi connectivity index (χ2n) is 5.07. The van der Waals surface area contributed by atoms with Crippen LogP contribution in [0.1, 0.15) is 51.9 Å². The van der Waals surface area contributed by atoms with Crippen LogP contribution in [0.5, 0.6) is 0 Å². The molecule has 2 unspecified atom stereocenters. The number of likely N-dealkylation sites (tertiary alicyclic amines) is 1. The summed E-state index contributed by atoms with van der Waals surface area (Å²) in [6, 6.07) is 1.77. The molecule has 0 aromatic rings. The second-order valence-corrected chi connectivity index (χ2v) is 5.07. The quantitative estimate of drug-likeness (QED) is 0.555. The third-order valence-corrected chi connectivity index (χ3v) is 4.23. The van der Waals surface area contributed by atoms with Crippen molar-refractivity contribution in [2.75, 3.05) is 7.05 Å². The first kappa shape index (κ1) is 9.51. The van der Waals surface area contributed by atoms with E-state index in [4.69, 9.17) is 0 Å². The van der Waals surface area contributed by atoms with Crippen molar-refractivity contribution < 1.29 is 0 Å². The lowest BCUT2D eigenvalue weighted by molar-refractivity contribution is 0.205. The molecule has 1 heteroatoms. The van der Waals surface area contributed by atoms with Crippen LogP contribution in [0.15, 0.2) is 0 Å². The molecule has 1 aliphatic heterocycles. The van der Waals surface area contributed by atoms with Crippen LogP contribution in [0, 0.1) is 5.92 Å². The smallest absolute Gasteiger partial charge is 0.0124 e. The maximum atomic E-state index is 2.63. The Labute approximate surface area is 82.5 Å². The number of hydrogen-bond acceptors (Lipinski definition) is 1. The Bertz CT molecular complexity index is 167. The van der Waals surface area contributed by atoms with Gasteiger partial charge < -0.3 is 4.90 Å². The predicted molar refractivity (Wildman–Crippen MR) is 56.8 cm³/mol. The fourth-order valence-corrected chi connectivity index (χ4v) is 3.28. The summed E-state index contributed by atoms with van der Waals surface area (Å²) in [5, 5.41) is 0. The Morgan fingerprint density at radius 3 is 2.46 bits per heavy atom. The lowest BCUT2D eigenvalue weighted by Gasteiger charge is -2.28. The summed E-state index contributed by atoms with van der Waals surface area (Å²) in [5.74, 6) is 1.03. The Kier molecular flexibility index (Phi) is 2.92. The predicted octanol–water partition coefficient (Wildman–Crippen LogP) is 3.05. The minimum Gasteiger partial charge on any atom is -0.300 e. The van der Waals surface area contributed by atoms with Gasteiger partial charge in [-0.25, -0.2) is 0 Å². The summed E-state index contributed by atoms with van der Waals surface area (Å²) < 4.78 is 0. The molecular formula is C12H23N. The summed E-state index contributed by atoms with van der Waals surface area (Å²) in [6.45, 7) is 2.39. The highest BCUT2D eigenvalue weighted by molar-refractivity contribution is 4.90. The lowest BCUT2D eigenvalue weighted by Crippen LogP contribution is -2.33. The van der Waals surface area contributed by atoms with Crippen molar-refractivity contribution >= 4 is 0 Å². The molecule has 3 atom stereocenters. The van der Waals surface area contributed by atoms with E-state index in [2.05, 4.69) is 18.9 Å². The first-order valence-electron chi connectivity index (χ1n) is 6.01. The summed E-state index contributed by atoms with van der Waals surface area (Å²) in [4.78, 5) is 2.63. The first-order chi connectivity index (χ1) is 6.29. The fourth-order valence-electron chi connectivity index (χ4n) is 3.28. The van der Waals surface area contributed by atoms with Gasteiger partial charge in [-0.3, -0.25) is 0 Å². The van der Waals surface area contributed by atoms with Crippen molar-refractivity contribution in [2.45, 2.75) is 64.0 Å². The van der Waals surface area contributed by atoms with Crippen LogP contribution in [-0.4, -0.2) is 24.0 Å². The van der Waals surface area contributed by atoms with Crippen LogP contribution in [-0.2, 0) is 0 Å². The lowest BCUT2D eigenvalue weighted by atomic mass is 9.87. The largest absolute Gasteiger partial charge is 0.300 e. The van der Waals surface area contributed by atoms with Crippen molar-refractivity contribution in [3.05, 3.63) is 0 Å². The molecule has 0 amide bonds. The summed E-state index contributed by atoms with van der Waals surface area (Å²) >= 11 is 0. The zero-order chi connectivity index (χ0) is 9.26. The number of hydrogen-bond donors (Lipinski definition) is 0. The average Bonchev–Trinajstić information content (AvgIpc) is 2.31. The average molecular weight is 181 g/mol. The van der Waals surface area contributed by atoms with E-state index < -0.39 is 0 Å². The van der Waals surface area contributed by atoms with Crippen molar-refractivity contribution in [2.24, 2.45) is 5.92 Å². The van der Waals surface area contributed by atoms with Crippen LogP contribution < -0.4 is 0 Å². The van der Waals surface area contributed by atoms with Gasteiger partial charge in [-0.1, -0.05) is 25.7 Å². The molecule has 2 rings (SSSR count). The van der Waals surface area contributed by atoms with Gasteiger partial charge in [0.15, 0.2) is 0 Å². The molecule has 2 aliphatic rings. The molecule has 0 N–H and O–H groups in total. The van der Waals surface area contributed by atoms with Crippen molar-refractivity contribution in [3.8, 4) is 0 Å². The minimum atomic E-state index is 0.841. The van der Waals surface area contributed by atoms with E-state index >= 15 is 0 Å². The molecule has 1 nitrogen and oxygen atoms in total. The Hall–Kier alpha value is -0.0400. The monoisotopic (exact) mass is 181 g/mol. The van der Waals surface area contributed by atoms with Gasteiger partial charge in [0.25, 0.3) is 0 Å². The standard InChI is InChI=1S/C12H23N/c1-10-9-11-7-5-3-4-6-8-12(11)13(10)2/h10-12H,3-9H2,1-2H3/t10-,11?,12?/m1/s1. The molecule has 0 spiro atoms. The van der Waals surface area contributed by atoms with E-state index in [9.17, 15) is 0 Å². The Balaban J connectivity index is 2.00. The van der Waals surface area contributed by atoms with E-state index in [0.29, 0.717) is 0 Å². The number of rotatable bonds is 0. The second kappa shape index (κ2) is 4.00. The molecule has 0 bridgehead atoms. The van der Waals surface area contributed by atoms with Crippen molar-refractivity contribution in [3.63, 3.8) is 0 Å². The Morgan fingerprint density at radius 1 is 1.00 bits per heavy atom. The zero-order valence-corrected chi connectivity index (χ0v) is 9.13. The fraction of sp³-hybridized carbons (Fsp3) is 1.00. The maximum Gasteiger partial charge on any atom is 0.0124 e. The number of fused-ring (bicyclic) bond motifs is 1. The zero-order valence-electron chi connectivity index (χ0n) is 9.13. The molecule has 1 aliphatic carbocycles. The van der Waals surface area contributed by atoms with Crippen LogP contribution >= 0.6 is 0 Å². The normalized spacial score (nSPS) is 42.5. The highest BCUT2D eigenvalue weighted by Gasteiger charge is 2.35. The topological polar surface area (TPSA) is 3.24 Å². The third-order valence-electron chi connectivity index (χ3n) is 4.23. The molecule has 0 aromatic heterocycles. The van der Waals surface area contributed by atoms with E-state index in [0.717, 1.165) is 18.0 Å². The first-order valence-corrected chi connectivity index (χ1v) is 6.01. The van der Waals surface area contributed by atoms with Crippen LogP contribution in [0.2, 0.25) is 0 Å². The SMILES string of the molecule is C[C@@H]1CC2CCCCCCC2N1C. The molecular weight excluding hydrogens is 158 g/mol. The van der Waals surface area contributed by atoms with Crippen LogP contribution in [0.4, 0.5) is 0 Å². The maximum absolute atomic E-state index is 2.63. The van der Waals surface area contributed by atoms with Gasteiger partial charge in [0, 0.05) is 12.1 Å². The highest BCUT2D eigenvalue weighted by atomic mass is 15.2. The van der Waals surface area contributed by atoms with Crippen LogP contribution in [0.3, 0.4) is 0 Å². The van der Waals surface area contributed by atoms with Crippen LogP contribution in [0.25, 0.3) is 0 Å². The molecule has 0 aromatic carbocycles. The molecule has 2 fully saturated rings. The molecule has 13 heavy (non-hydrogen) atoms. The van der Waals surface area contributed by atoms with Gasteiger partial charge in [0.1, 0.15) is 0 Å². The minimum absolute atomic E-state index is 0.841. The molecule has 76 valence electrons. The Morgan fingerprint density at radius 2 is 1.69 bits per heavy atom. The summed E-state index contributed by atoms with van der Waals surface area (Å²) in [6.07, 6.45) is 10.3.